The molecule has 0 aliphatic carbocycles. The third kappa shape index (κ3) is 2.21. The molecule has 1 heteroatoms. The Labute approximate surface area is 74.8 Å². The molecule has 0 unspecified atom stereocenters. The molecule has 0 saturated heterocycles. The van der Waals surface area contributed by atoms with Gasteiger partial charge in [0.25, 0.3) is 0 Å². The quantitative estimate of drug-likeness (QED) is 0.347. The zero-order valence-electron chi connectivity index (χ0n) is 6.94. The minimum Gasteiger partial charge on any atom is -0.184 e. The van der Waals surface area contributed by atoms with Crippen LogP contribution in [0, 0.1) is 13.0 Å². The van der Waals surface area contributed by atoms with E-state index < -0.39 is 0 Å². The number of hydrogen-bond acceptors (Lipinski definition) is 0. The van der Waals surface area contributed by atoms with E-state index >= 15 is 0 Å². The van der Waals surface area contributed by atoms with Crippen molar-refractivity contribution < 1.29 is 18.9 Å². The molecular formula is C9H11Li. The van der Waals surface area contributed by atoms with Crippen molar-refractivity contribution in [2.45, 2.75) is 20.3 Å². The van der Waals surface area contributed by atoms with E-state index in [-0.39, 0.29) is 18.9 Å². The normalized spacial score (nSPS) is 8.60. The van der Waals surface area contributed by atoms with Gasteiger partial charge in [0.15, 0.2) is 0 Å². The molecule has 0 fully saturated rings. The van der Waals surface area contributed by atoms with Crippen molar-refractivity contribution in [3.05, 3.63) is 35.4 Å². The van der Waals surface area contributed by atoms with Crippen LogP contribution < -0.4 is 18.9 Å². The monoisotopic (exact) mass is 126 g/mol. The zero-order valence-corrected chi connectivity index (χ0v) is 6.94. The predicted octanol–water partition coefficient (Wildman–Crippen LogP) is -0.638. The van der Waals surface area contributed by atoms with Gasteiger partial charge in [0, 0.05) is 0 Å². The largest absolute Gasteiger partial charge is 1.00 e. The molecule has 0 heterocycles. The summed E-state index contributed by atoms with van der Waals surface area (Å²) in [6.45, 7) is 4.29. The van der Waals surface area contributed by atoms with Crippen LogP contribution in [-0.4, -0.2) is 0 Å². The van der Waals surface area contributed by atoms with E-state index in [4.69, 9.17) is 0 Å². The molecule has 1 aromatic carbocycles. The van der Waals surface area contributed by atoms with E-state index in [0.29, 0.717) is 0 Å². The Kier molecular flexibility index (Phi) is 4.52. The Morgan fingerprint density at radius 3 is 2.60 bits per heavy atom. The van der Waals surface area contributed by atoms with Gasteiger partial charge < -0.3 is 0 Å². The maximum atomic E-state index is 3.04. The Morgan fingerprint density at radius 2 is 2.20 bits per heavy atom. The molecule has 0 aliphatic heterocycles. The molecule has 0 N–H and O–H groups in total. The van der Waals surface area contributed by atoms with Gasteiger partial charge in [0.05, 0.1) is 0 Å². The average molecular weight is 126 g/mol. The molecule has 0 nitrogen and oxygen atoms in total. The van der Waals surface area contributed by atoms with Crippen molar-refractivity contribution in [1.29, 1.82) is 0 Å². The van der Waals surface area contributed by atoms with E-state index in [2.05, 4.69) is 26.0 Å². The van der Waals surface area contributed by atoms with Crippen molar-refractivity contribution >= 4 is 0 Å². The van der Waals surface area contributed by atoms with Gasteiger partial charge in [-0.05, 0) is 0 Å². The Bertz CT molecular complexity index is 194. The van der Waals surface area contributed by atoms with Crippen LogP contribution in [0.3, 0.4) is 0 Å². The van der Waals surface area contributed by atoms with Crippen LogP contribution >= 0.6 is 0 Å². The summed E-state index contributed by atoms with van der Waals surface area (Å²) in [4.78, 5) is 0. The summed E-state index contributed by atoms with van der Waals surface area (Å²) in [6.07, 6.45) is 1.13. The molecule has 1 rings (SSSR count). The summed E-state index contributed by atoms with van der Waals surface area (Å²) < 4.78 is 0. The predicted molar refractivity (Wildman–Crippen MR) is 39.4 cm³/mol. The molecule has 48 valence electrons. The standard InChI is InChI=1S/C9H11.Li/c1-3-9-7-5-4-6-8(9)2;/h5-7H,3H2,1-2H3;/q-1;+1. The SMILES string of the molecule is CCc1cc[c-]cc1C.[Li+]. The Hall–Kier alpha value is -0.183. The maximum Gasteiger partial charge on any atom is 1.00 e. The van der Waals surface area contributed by atoms with E-state index in [1.54, 1.807) is 0 Å². The van der Waals surface area contributed by atoms with Crippen molar-refractivity contribution in [3.63, 3.8) is 0 Å². The molecule has 1 aromatic rings. The second-order valence-electron chi connectivity index (χ2n) is 2.21. The molecule has 0 aliphatic rings. The Balaban J connectivity index is 0.000000810. The number of hydrogen-bond donors (Lipinski definition) is 0. The second kappa shape index (κ2) is 4.60. The van der Waals surface area contributed by atoms with Crippen molar-refractivity contribution in [2.75, 3.05) is 0 Å². The summed E-state index contributed by atoms with van der Waals surface area (Å²) in [5.41, 5.74) is 2.77. The first-order valence-electron chi connectivity index (χ1n) is 3.30. The number of aryl methyl sites for hydroxylation is 2. The maximum absolute atomic E-state index is 3.04. The van der Waals surface area contributed by atoms with Gasteiger partial charge in [-0.2, -0.15) is 35.4 Å². The molecule has 0 amide bonds. The molecular weight excluding hydrogens is 115 g/mol. The van der Waals surface area contributed by atoms with E-state index in [0.717, 1.165) is 6.42 Å². The van der Waals surface area contributed by atoms with Crippen LogP contribution in [0.1, 0.15) is 18.1 Å². The van der Waals surface area contributed by atoms with Gasteiger partial charge in [0.1, 0.15) is 0 Å². The first-order chi connectivity index (χ1) is 4.34. The molecule has 10 heavy (non-hydrogen) atoms. The van der Waals surface area contributed by atoms with Crippen LogP contribution in [0.25, 0.3) is 0 Å². The van der Waals surface area contributed by atoms with Crippen LogP contribution in [-0.2, 0) is 6.42 Å². The molecule has 0 atom stereocenters. The smallest absolute Gasteiger partial charge is 0.184 e. The van der Waals surface area contributed by atoms with Crippen LogP contribution in [0.5, 0.6) is 0 Å². The first kappa shape index (κ1) is 9.82. The number of rotatable bonds is 1. The summed E-state index contributed by atoms with van der Waals surface area (Å²) in [5, 5.41) is 0. The average Bonchev–Trinajstić information content (AvgIpc) is 1.89. The third-order valence-electron chi connectivity index (χ3n) is 1.57. The second-order valence-corrected chi connectivity index (χ2v) is 2.21. The summed E-state index contributed by atoms with van der Waals surface area (Å²) in [5.74, 6) is 0. The van der Waals surface area contributed by atoms with E-state index in [1.807, 2.05) is 12.1 Å². The molecule has 0 aromatic heterocycles. The van der Waals surface area contributed by atoms with Gasteiger partial charge in [-0.15, -0.1) is 0 Å². The molecule has 0 radical (unpaired) electrons. The summed E-state index contributed by atoms with van der Waals surface area (Å²) in [6, 6.07) is 9.15. The van der Waals surface area contributed by atoms with Gasteiger partial charge in [-0.25, -0.2) is 0 Å². The molecule has 0 saturated carbocycles. The topological polar surface area (TPSA) is 0 Å². The van der Waals surface area contributed by atoms with Gasteiger partial charge in [-0.3, -0.25) is 0 Å². The Morgan fingerprint density at radius 1 is 1.50 bits per heavy atom. The summed E-state index contributed by atoms with van der Waals surface area (Å²) >= 11 is 0. The van der Waals surface area contributed by atoms with Gasteiger partial charge >= 0.3 is 18.9 Å². The van der Waals surface area contributed by atoms with Gasteiger partial charge in [0.2, 0.25) is 0 Å². The van der Waals surface area contributed by atoms with Gasteiger partial charge in [-0.1, -0.05) is 20.3 Å². The fourth-order valence-corrected chi connectivity index (χ4v) is 0.943. The zero-order chi connectivity index (χ0) is 6.69. The fraction of sp³-hybridized carbons (Fsp3) is 0.333. The summed E-state index contributed by atoms with van der Waals surface area (Å²) in [7, 11) is 0. The third-order valence-corrected chi connectivity index (χ3v) is 1.57. The first-order valence-corrected chi connectivity index (χ1v) is 3.30. The van der Waals surface area contributed by atoms with E-state index in [1.165, 1.54) is 11.1 Å². The van der Waals surface area contributed by atoms with Crippen molar-refractivity contribution in [2.24, 2.45) is 0 Å². The van der Waals surface area contributed by atoms with Crippen LogP contribution in [0.2, 0.25) is 0 Å². The van der Waals surface area contributed by atoms with Crippen LogP contribution in [0.4, 0.5) is 0 Å². The van der Waals surface area contributed by atoms with E-state index in [9.17, 15) is 0 Å². The van der Waals surface area contributed by atoms with Crippen molar-refractivity contribution in [1.82, 2.24) is 0 Å². The number of benzene rings is 1. The minimum absolute atomic E-state index is 0. The minimum atomic E-state index is 0. The molecule has 0 bridgehead atoms. The molecule has 0 spiro atoms. The fourth-order valence-electron chi connectivity index (χ4n) is 0.943. The van der Waals surface area contributed by atoms with Crippen molar-refractivity contribution in [3.8, 4) is 0 Å². The van der Waals surface area contributed by atoms with Crippen LogP contribution in [0.15, 0.2) is 18.2 Å².